The first-order chi connectivity index (χ1) is 13.0. The maximum Gasteiger partial charge on any atom is 0.340 e. The molecule has 1 aliphatic rings. The minimum atomic E-state index is -0.817. The molecule has 1 fully saturated rings. The molecule has 0 unspecified atom stereocenters. The molecular weight excluding hydrogens is 358 g/mol. The van der Waals surface area contributed by atoms with Crippen molar-refractivity contribution in [2.75, 3.05) is 23.4 Å². The highest BCUT2D eigenvalue weighted by molar-refractivity contribution is 6.04. The lowest BCUT2D eigenvalue weighted by molar-refractivity contribution is -0.119. The lowest BCUT2D eigenvalue weighted by Gasteiger charge is -2.18. The highest BCUT2D eigenvalue weighted by atomic mass is 19.1. The van der Waals surface area contributed by atoms with Gasteiger partial charge < -0.3 is 15.0 Å². The molecule has 0 aliphatic carbocycles. The first-order valence-corrected chi connectivity index (χ1v) is 8.27. The van der Waals surface area contributed by atoms with E-state index in [0.29, 0.717) is 25.1 Å². The van der Waals surface area contributed by atoms with Crippen molar-refractivity contribution in [1.29, 1.82) is 0 Å². The quantitative estimate of drug-likeness (QED) is 0.817. The van der Waals surface area contributed by atoms with Crippen LogP contribution in [0, 0.1) is 11.6 Å². The van der Waals surface area contributed by atoms with Gasteiger partial charge in [-0.25, -0.2) is 13.6 Å². The molecule has 0 aromatic heterocycles. The predicted octanol–water partition coefficient (Wildman–Crippen LogP) is 2.89. The van der Waals surface area contributed by atoms with Gasteiger partial charge in [0.05, 0.1) is 16.9 Å². The average Bonchev–Trinajstić information content (AvgIpc) is 3.08. The number of nitrogens with one attached hydrogen (secondary N) is 1. The topological polar surface area (TPSA) is 75.7 Å². The molecule has 2 aromatic carbocycles. The second-order valence-electron chi connectivity index (χ2n) is 5.91. The molecular formula is C19H16F2N2O4. The van der Waals surface area contributed by atoms with Crippen molar-refractivity contribution in [2.45, 2.75) is 12.8 Å². The summed E-state index contributed by atoms with van der Waals surface area (Å²) in [5.41, 5.74) is 0.221. The van der Waals surface area contributed by atoms with E-state index in [1.54, 1.807) is 18.2 Å². The third-order valence-corrected chi connectivity index (χ3v) is 4.03. The van der Waals surface area contributed by atoms with E-state index in [9.17, 15) is 23.2 Å². The third kappa shape index (κ3) is 4.28. The van der Waals surface area contributed by atoms with Gasteiger partial charge in [0.2, 0.25) is 5.91 Å². The number of hydrogen-bond acceptors (Lipinski definition) is 4. The Balaban J connectivity index is 1.65. The van der Waals surface area contributed by atoms with Crippen molar-refractivity contribution in [2.24, 2.45) is 0 Å². The van der Waals surface area contributed by atoms with Gasteiger partial charge in [0, 0.05) is 19.0 Å². The van der Waals surface area contributed by atoms with Gasteiger partial charge in [-0.15, -0.1) is 0 Å². The van der Waals surface area contributed by atoms with Crippen LogP contribution in [0.2, 0.25) is 0 Å². The smallest absolute Gasteiger partial charge is 0.340 e. The Kier molecular flexibility index (Phi) is 5.44. The Morgan fingerprint density at radius 3 is 2.67 bits per heavy atom. The molecule has 1 N–H and O–H groups in total. The minimum absolute atomic E-state index is 0.0884. The zero-order valence-corrected chi connectivity index (χ0v) is 14.2. The van der Waals surface area contributed by atoms with Gasteiger partial charge in [0.1, 0.15) is 11.6 Å². The molecule has 0 spiro atoms. The van der Waals surface area contributed by atoms with Gasteiger partial charge in [-0.1, -0.05) is 12.1 Å². The number of para-hydroxylation sites is 1. The summed E-state index contributed by atoms with van der Waals surface area (Å²) in [5.74, 6) is -3.22. The van der Waals surface area contributed by atoms with Crippen molar-refractivity contribution in [3.63, 3.8) is 0 Å². The lowest BCUT2D eigenvalue weighted by atomic mass is 10.1. The lowest BCUT2D eigenvalue weighted by Crippen LogP contribution is -2.27. The van der Waals surface area contributed by atoms with Crippen molar-refractivity contribution in [1.82, 2.24) is 0 Å². The van der Waals surface area contributed by atoms with Gasteiger partial charge in [0.25, 0.3) is 5.91 Å². The maximum atomic E-state index is 13.5. The first-order valence-electron chi connectivity index (χ1n) is 8.27. The van der Waals surface area contributed by atoms with Crippen LogP contribution in [0.5, 0.6) is 0 Å². The molecule has 1 aliphatic heterocycles. The minimum Gasteiger partial charge on any atom is -0.452 e. The van der Waals surface area contributed by atoms with E-state index in [4.69, 9.17) is 4.74 Å². The van der Waals surface area contributed by atoms with E-state index in [1.165, 1.54) is 11.0 Å². The Labute approximate surface area is 153 Å². The molecule has 1 saturated heterocycles. The summed E-state index contributed by atoms with van der Waals surface area (Å²) in [7, 11) is 0. The fourth-order valence-corrected chi connectivity index (χ4v) is 2.77. The SMILES string of the molecule is O=C(COC(=O)c1ccccc1N1CCCC1=O)Nc1cc(F)ccc1F. The molecule has 0 bridgehead atoms. The Morgan fingerprint density at radius 1 is 1.15 bits per heavy atom. The summed E-state index contributed by atoms with van der Waals surface area (Å²) in [6, 6.07) is 9.04. The van der Waals surface area contributed by atoms with Crippen LogP contribution in [-0.2, 0) is 14.3 Å². The fourth-order valence-electron chi connectivity index (χ4n) is 2.77. The molecule has 27 heavy (non-hydrogen) atoms. The van der Waals surface area contributed by atoms with Crippen LogP contribution >= 0.6 is 0 Å². The van der Waals surface area contributed by atoms with Crippen molar-refractivity contribution >= 4 is 29.2 Å². The van der Waals surface area contributed by atoms with Crippen LogP contribution in [0.25, 0.3) is 0 Å². The van der Waals surface area contributed by atoms with E-state index in [2.05, 4.69) is 5.32 Å². The number of carbonyl (C=O) groups is 3. The van der Waals surface area contributed by atoms with Gasteiger partial charge in [-0.05, 0) is 30.7 Å². The van der Waals surface area contributed by atoms with E-state index in [0.717, 1.165) is 18.2 Å². The van der Waals surface area contributed by atoms with Crippen LogP contribution in [-0.4, -0.2) is 30.9 Å². The molecule has 2 aromatic rings. The highest BCUT2D eigenvalue weighted by Crippen LogP contribution is 2.26. The Hall–Kier alpha value is -3.29. The Bertz CT molecular complexity index is 901. The van der Waals surface area contributed by atoms with Crippen molar-refractivity contribution in [3.8, 4) is 0 Å². The van der Waals surface area contributed by atoms with E-state index < -0.39 is 30.1 Å². The number of benzene rings is 2. The number of carbonyl (C=O) groups excluding carboxylic acids is 3. The van der Waals surface area contributed by atoms with Gasteiger partial charge in [0.15, 0.2) is 6.61 Å². The zero-order chi connectivity index (χ0) is 19.4. The maximum absolute atomic E-state index is 13.5. The van der Waals surface area contributed by atoms with Crippen LogP contribution in [0.1, 0.15) is 23.2 Å². The number of anilines is 2. The number of amides is 2. The van der Waals surface area contributed by atoms with Gasteiger partial charge >= 0.3 is 5.97 Å². The molecule has 3 rings (SSSR count). The summed E-state index contributed by atoms with van der Waals surface area (Å²) < 4.78 is 31.6. The van der Waals surface area contributed by atoms with E-state index in [-0.39, 0.29) is 17.2 Å². The van der Waals surface area contributed by atoms with Gasteiger partial charge in [-0.3, -0.25) is 9.59 Å². The van der Waals surface area contributed by atoms with E-state index >= 15 is 0 Å². The summed E-state index contributed by atoms with van der Waals surface area (Å²) >= 11 is 0. The summed E-state index contributed by atoms with van der Waals surface area (Å²) in [6.45, 7) is -0.181. The van der Waals surface area contributed by atoms with Crippen molar-refractivity contribution < 1.29 is 27.9 Å². The van der Waals surface area contributed by atoms with E-state index in [1.807, 2.05) is 0 Å². The van der Waals surface area contributed by atoms with Gasteiger partial charge in [-0.2, -0.15) is 0 Å². The number of hydrogen-bond donors (Lipinski definition) is 1. The second-order valence-corrected chi connectivity index (χ2v) is 5.91. The number of esters is 1. The molecule has 1 heterocycles. The summed E-state index contributed by atoms with van der Waals surface area (Å²) in [5, 5.41) is 2.14. The number of halogens is 2. The summed E-state index contributed by atoms with van der Waals surface area (Å²) in [6.07, 6.45) is 1.11. The standard InChI is InChI=1S/C19H16F2N2O4/c20-12-7-8-14(21)15(10-12)22-17(24)11-27-19(26)13-4-1-2-5-16(13)23-9-3-6-18(23)25/h1-2,4-5,7-8,10H,3,6,9,11H2,(H,22,24). The molecule has 2 amide bonds. The first kappa shape index (κ1) is 18.5. The highest BCUT2D eigenvalue weighted by Gasteiger charge is 2.26. The zero-order valence-electron chi connectivity index (χ0n) is 14.2. The number of ether oxygens (including phenoxy) is 1. The molecule has 8 heteroatoms. The van der Waals surface area contributed by atoms with Crippen molar-refractivity contribution in [3.05, 3.63) is 59.7 Å². The van der Waals surface area contributed by atoms with Crippen LogP contribution in [0.15, 0.2) is 42.5 Å². The molecule has 6 nitrogen and oxygen atoms in total. The largest absolute Gasteiger partial charge is 0.452 e. The number of nitrogens with zero attached hydrogens (tertiary/aromatic N) is 1. The monoisotopic (exact) mass is 374 g/mol. The fraction of sp³-hybridized carbons (Fsp3) is 0.211. The predicted molar refractivity (Wildman–Crippen MR) is 93.3 cm³/mol. The number of rotatable bonds is 5. The molecule has 0 saturated carbocycles. The normalized spacial score (nSPS) is 13.6. The van der Waals surface area contributed by atoms with Crippen LogP contribution in [0.3, 0.4) is 0 Å². The molecule has 140 valence electrons. The Morgan fingerprint density at radius 2 is 1.93 bits per heavy atom. The summed E-state index contributed by atoms with van der Waals surface area (Å²) in [4.78, 5) is 37.6. The van der Waals surface area contributed by atoms with Crippen LogP contribution < -0.4 is 10.2 Å². The molecule has 0 atom stereocenters. The molecule has 0 radical (unpaired) electrons. The van der Waals surface area contributed by atoms with Crippen LogP contribution in [0.4, 0.5) is 20.2 Å². The second kappa shape index (κ2) is 7.94. The average molecular weight is 374 g/mol. The third-order valence-electron chi connectivity index (χ3n) is 4.03.